The first kappa shape index (κ1) is 25.2. The third-order valence-corrected chi connectivity index (χ3v) is 2.16. The SMILES string of the molecule is O=C([O-])CN(CCN(CC(=O)[O-])CC(=O)O)CC(=O)O.[Ni+2].[OH3+]. The number of hydrogen-bond acceptors (Lipinski definition) is 8. The zero-order valence-corrected chi connectivity index (χ0v) is 12.4. The van der Waals surface area contributed by atoms with Crippen LogP contribution in [0.1, 0.15) is 0 Å². The maximum Gasteiger partial charge on any atom is 2.00 e. The Labute approximate surface area is 135 Å². The molecule has 12 heteroatoms. The molecule has 0 heterocycles. The number of carbonyl (C=O) groups is 4. The van der Waals surface area contributed by atoms with Crippen LogP contribution in [0.2, 0.25) is 0 Å². The molecule has 0 bridgehead atoms. The van der Waals surface area contributed by atoms with Crippen molar-refractivity contribution in [1.82, 2.24) is 9.80 Å². The summed E-state index contributed by atoms with van der Waals surface area (Å²) in [4.78, 5) is 43.9. The van der Waals surface area contributed by atoms with Gasteiger partial charge in [-0.3, -0.25) is 19.4 Å². The van der Waals surface area contributed by atoms with Crippen LogP contribution in [0, 0.1) is 0 Å². The summed E-state index contributed by atoms with van der Waals surface area (Å²) >= 11 is 0. The molecule has 130 valence electrons. The molecule has 5 N–H and O–H groups in total. The van der Waals surface area contributed by atoms with Crippen molar-refractivity contribution in [2.75, 3.05) is 39.3 Å². The molecule has 0 aromatic rings. The summed E-state index contributed by atoms with van der Waals surface area (Å²) < 4.78 is 0. The molecule has 0 amide bonds. The molecule has 0 aliphatic rings. The van der Waals surface area contributed by atoms with Gasteiger partial charge in [-0.1, -0.05) is 0 Å². The molecule has 0 rings (SSSR count). The molecule has 11 nitrogen and oxygen atoms in total. The fourth-order valence-corrected chi connectivity index (χ4v) is 1.46. The summed E-state index contributed by atoms with van der Waals surface area (Å²) in [5, 5.41) is 38.0. The molecule has 0 spiro atoms. The first-order chi connectivity index (χ1) is 9.20. The number of aliphatic carboxylic acids is 4. The second kappa shape index (κ2) is 13.0. The van der Waals surface area contributed by atoms with Crippen LogP contribution in [0.15, 0.2) is 0 Å². The van der Waals surface area contributed by atoms with Crippen molar-refractivity contribution in [3.05, 3.63) is 0 Å². The fraction of sp³-hybridized carbons (Fsp3) is 0.600. The number of carbonyl (C=O) groups excluding carboxylic acids is 2. The van der Waals surface area contributed by atoms with E-state index in [2.05, 4.69) is 0 Å². The summed E-state index contributed by atoms with van der Waals surface area (Å²) in [6.07, 6.45) is 0. The summed E-state index contributed by atoms with van der Waals surface area (Å²) in [5.41, 5.74) is 0. The first-order valence-corrected chi connectivity index (χ1v) is 5.48. The van der Waals surface area contributed by atoms with Crippen LogP contribution in [0.4, 0.5) is 0 Å². The number of hydrogen-bond donors (Lipinski definition) is 2. The van der Waals surface area contributed by atoms with Gasteiger partial charge in [0.1, 0.15) is 0 Å². The van der Waals surface area contributed by atoms with E-state index in [9.17, 15) is 29.4 Å². The Balaban J connectivity index is -0.00000180. The van der Waals surface area contributed by atoms with Crippen LogP contribution in [0.25, 0.3) is 0 Å². The number of carboxylic acid groups (broad SMARTS) is 4. The van der Waals surface area contributed by atoms with Gasteiger partial charge in [0.2, 0.25) is 0 Å². The maximum absolute atomic E-state index is 10.5. The minimum atomic E-state index is -1.49. The van der Waals surface area contributed by atoms with Crippen LogP contribution in [-0.4, -0.2) is 83.2 Å². The molecule has 0 fully saturated rings. The maximum atomic E-state index is 10.5. The molecule has 0 unspecified atom stereocenters. The second-order valence-electron chi connectivity index (χ2n) is 3.95. The normalized spacial score (nSPS) is 9.73. The minimum Gasteiger partial charge on any atom is -0.549 e. The van der Waals surface area contributed by atoms with Crippen molar-refractivity contribution >= 4 is 23.9 Å². The van der Waals surface area contributed by atoms with E-state index in [0.29, 0.717) is 0 Å². The van der Waals surface area contributed by atoms with E-state index in [1.165, 1.54) is 0 Å². The Morgan fingerprint density at radius 1 is 0.727 bits per heavy atom. The van der Waals surface area contributed by atoms with Gasteiger partial charge in [-0.25, -0.2) is 0 Å². The second-order valence-corrected chi connectivity index (χ2v) is 3.95. The molecule has 0 aromatic carbocycles. The molecule has 22 heavy (non-hydrogen) atoms. The number of nitrogens with zero attached hydrogens (tertiary/aromatic N) is 2. The van der Waals surface area contributed by atoms with Gasteiger partial charge in [-0.2, -0.15) is 0 Å². The van der Waals surface area contributed by atoms with Gasteiger partial charge in [0.05, 0.1) is 25.0 Å². The standard InChI is InChI=1S/C10H16N2O8.Ni.H2O/c13-7(14)3-11(4-8(15)16)1-2-12(5-9(17)18)6-10(19)20;;/h1-6H2,(H,13,14)(H,15,16)(H,17,18)(H,19,20);;1H2/q;+2;/p-1. The molecule has 0 saturated heterocycles. The predicted octanol–water partition coefficient (Wildman–Crippen LogP) is -5.66. The molecule has 0 aliphatic heterocycles. The minimum absolute atomic E-state index is 0. The van der Waals surface area contributed by atoms with E-state index >= 15 is 0 Å². The molecular weight excluding hydrogens is 351 g/mol. The average molecular weight is 368 g/mol. The summed E-state index contributed by atoms with van der Waals surface area (Å²) in [6, 6.07) is 0. The Kier molecular flexibility index (Phi) is 14.9. The van der Waals surface area contributed by atoms with Crippen LogP contribution < -0.4 is 10.2 Å². The van der Waals surface area contributed by atoms with E-state index in [0.717, 1.165) is 9.80 Å². The van der Waals surface area contributed by atoms with E-state index in [1.807, 2.05) is 0 Å². The Bertz CT molecular complexity index is 323. The van der Waals surface area contributed by atoms with Crippen molar-refractivity contribution in [2.24, 2.45) is 0 Å². The monoisotopic (exact) mass is 367 g/mol. The van der Waals surface area contributed by atoms with E-state index in [1.54, 1.807) is 0 Å². The van der Waals surface area contributed by atoms with E-state index < -0.39 is 50.1 Å². The summed E-state index contributed by atoms with van der Waals surface area (Å²) in [6.45, 7) is -2.75. The Hall–Kier alpha value is -1.75. The van der Waals surface area contributed by atoms with Crippen molar-refractivity contribution < 1.29 is 61.6 Å². The third-order valence-electron chi connectivity index (χ3n) is 2.16. The Morgan fingerprint density at radius 2 is 1.00 bits per heavy atom. The average Bonchev–Trinajstić information content (AvgIpc) is 2.22. The van der Waals surface area contributed by atoms with E-state index in [-0.39, 0.29) is 35.1 Å². The topological polar surface area (TPSA) is 194 Å². The predicted molar refractivity (Wildman–Crippen MR) is 63.0 cm³/mol. The van der Waals surface area contributed by atoms with Gasteiger partial charge in [0, 0.05) is 26.2 Å². The van der Waals surface area contributed by atoms with Crippen LogP contribution in [0.5, 0.6) is 0 Å². The van der Waals surface area contributed by atoms with E-state index in [4.69, 9.17) is 10.2 Å². The number of rotatable bonds is 11. The molecule has 0 radical (unpaired) electrons. The quantitative estimate of drug-likeness (QED) is 0.262. The third kappa shape index (κ3) is 14.7. The van der Waals surface area contributed by atoms with Gasteiger partial charge >= 0.3 is 28.4 Å². The van der Waals surface area contributed by atoms with Crippen molar-refractivity contribution in [3.63, 3.8) is 0 Å². The van der Waals surface area contributed by atoms with Gasteiger partial charge < -0.3 is 35.5 Å². The first-order valence-electron chi connectivity index (χ1n) is 5.48. The number of carboxylic acids is 4. The molecule has 0 atom stereocenters. The van der Waals surface area contributed by atoms with Crippen molar-refractivity contribution in [1.29, 1.82) is 0 Å². The van der Waals surface area contributed by atoms with Crippen LogP contribution in [-0.2, 0) is 41.1 Å². The van der Waals surface area contributed by atoms with Gasteiger partial charge in [0.15, 0.2) is 0 Å². The smallest absolute Gasteiger partial charge is 0.549 e. The molecule has 0 aliphatic carbocycles. The van der Waals surface area contributed by atoms with Gasteiger partial charge in [-0.05, 0) is 0 Å². The largest absolute Gasteiger partial charge is 2.00 e. The van der Waals surface area contributed by atoms with Crippen molar-refractivity contribution in [2.45, 2.75) is 0 Å². The summed E-state index contributed by atoms with van der Waals surface area (Å²) in [7, 11) is 0. The zero-order chi connectivity index (χ0) is 15.7. The van der Waals surface area contributed by atoms with Gasteiger partial charge in [-0.15, -0.1) is 0 Å². The fourth-order valence-electron chi connectivity index (χ4n) is 1.46. The molecule has 0 saturated carbocycles. The van der Waals surface area contributed by atoms with Crippen molar-refractivity contribution in [3.8, 4) is 0 Å². The Morgan fingerprint density at radius 3 is 1.18 bits per heavy atom. The van der Waals surface area contributed by atoms with Crippen LogP contribution in [0.3, 0.4) is 0 Å². The molecular formula is C10H17N2NiO9+. The summed E-state index contributed by atoms with van der Waals surface area (Å²) in [5.74, 6) is -5.52. The van der Waals surface area contributed by atoms with Gasteiger partial charge in [0.25, 0.3) is 0 Å². The zero-order valence-electron chi connectivity index (χ0n) is 11.4. The molecule has 0 aromatic heterocycles. The van der Waals surface area contributed by atoms with Crippen LogP contribution >= 0.6 is 0 Å².